The number of hydrogen-bond donors (Lipinski definition) is 2. The van der Waals surface area contributed by atoms with E-state index in [0.717, 1.165) is 27.6 Å². The SMILES string of the molecule is Oc1ccc(CNCc2ccc(Br)cc2)cc1Br. The van der Waals surface area contributed by atoms with Crippen LogP contribution in [0.4, 0.5) is 0 Å². The predicted molar refractivity (Wildman–Crippen MR) is 80.5 cm³/mol. The molecule has 2 aromatic rings. The summed E-state index contributed by atoms with van der Waals surface area (Å²) in [5.41, 5.74) is 2.38. The van der Waals surface area contributed by atoms with Crippen molar-refractivity contribution in [2.45, 2.75) is 13.1 Å². The first-order valence-corrected chi connectivity index (χ1v) is 7.16. The molecule has 0 aromatic heterocycles. The number of aromatic hydroxyl groups is 1. The fraction of sp³-hybridized carbons (Fsp3) is 0.143. The van der Waals surface area contributed by atoms with Gasteiger partial charge in [-0.3, -0.25) is 0 Å². The summed E-state index contributed by atoms with van der Waals surface area (Å²) in [7, 11) is 0. The van der Waals surface area contributed by atoms with E-state index in [1.807, 2.05) is 24.3 Å². The monoisotopic (exact) mass is 369 g/mol. The van der Waals surface area contributed by atoms with Crippen LogP contribution in [0.3, 0.4) is 0 Å². The van der Waals surface area contributed by atoms with Crippen LogP contribution in [0.5, 0.6) is 5.75 Å². The van der Waals surface area contributed by atoms with Gasteiger partial charge in [0.1, 0.15) is 5.75 Å². The second kappa shape index (κ2) is 6.36. The fourth-order valence-electron chi connectivity index (χ4n) is 1.61. The van der Waals surface area contributed by atoms with Gasteiger partial charge >= 0.3 is 0 Å². The molecule has 2 aromatic carbocycles. The smallest absolute Gasteiger partial charge is 0.129 e. The van der Waals surface area contributed by atoms with Crippen molar-refractivity contribution in [2.75, 3.05) is 0 Å². The Balaban J connectivity index is 1.88. The van der Waals surface area contributed by atoms with E-state index in [4.69, 9.17) is 0 Å². The molecule has 0 unspecified atom stereocenters. The van der Waals surface area contributed by atoms with Crippen LogP contribution in [-0.4, -0.2) is 5.11 Å². The molecule has 0 saturated heterocycles. The van der Waals surface area contributed by atoms with Gasteiger partial charge in [-0.15, -0.1) is 0 Å². The molecule has 0 bridgehead atoms. The van der Waals surface area contributed by atoms with Crippen molar-refractivity contribution in [3.8, 4) is 5.75 Å². The molecule has 94 valence electrons. The Labute approximate surface area is 123 Å². The lowest BCUT2D eigenvalue weighted by Crippen LogP contribution is -2.12. The minimum Gasteiger partial charge on any atom is -0.507 e. The summed E-state index contributed by atoms with van der Waals surface area (Å²) in [6.45, 7) is 1.60. The van der Waals surface area contributed by atoms with E-state index in [0.29, 0.717) is 0 Å². The summed E-state index contributed by atoms with van der Waals surface area (Å²) >= 11 is 6.72. The summed E-state index contributed by atoms with van der Waals surface area (Å²) in [4.78, 5) is 0. The van der Waals surface area contributed by atoms with E-state index in [1.54, 1.807) is 6.07 Å². The van der Waals surface area contributed by atoms with Crippen LogP contribution >= 0.6 is 31.9 Å². The molecule has 0 aliphatic rings. The third-order valence-corrected chi connectivity index (χ3v) is 3.75. The van der Waals surface area contributed by atoms with Crippen molar-refractivity contribution in [1.82, 2.24) is 5.32 Å². The molecule has 2 nitrogen and oxygen atoms in total. The van der Waals surface area contributed by atoms with Crippen molar-refractivity contribution in [1.29, 1.82) is 0 Å². The standard InChI is InChI=1S/C14H13Br2NO/c15-12-4-1-10(2-5-12)8-17-9-11-3-6-14(18)13(16)7-11/h1-7,17-18H,8-9H2. The third-order valence-electron chi connectivity index (χ3n) is 2.58. The van der Waals surface area contributed by atoms with Gasteiger partial charge in [0.2, 0.25) is 0 Å². The zero-order valence-electron chi connectivity index (χ0n) is 9.66. The van der Waals surface area contributed by atoms with Gasteiger partial charge in [-0.1, -0.05) is 34.1 Å². The van der Waals surface area contributed by atoms with Crippen LogP contribution in [0, 0.1) is 0 Å². The van der Waals surface area contributed by atoms with Gasteiger partial charge in [0, 0.05) is 17.6 Å². The zero-order chi connectivity index (χ0) is 13.0. The van der Waals surface area contributed by atoms with Gasteiger partial charge in [-0.25, -0.2) is 0 Å². The average molecular weight is 371 g/mol. The van der Waals surface area contributed by atoms with E-state index in [9.17, 15) is 5.11 Å². The Morgan fingerprint density at radius 1 is 0.889 bits per heavy atom. The molecule has 2 rings (SSSR count). The lowest BCUT2D eigenvalue weighted by atomic mass is 10.2. The summed E-state index contributed by atoms with van der Waals surface area (Å²) in [5.74, 6) is 0.270. The highest BCUT2D eigenvalue weighted by Crippen LogP contribution is 2.24. The number of rotatable bonds is 4. The van der Waals surface area contributed by atoms with Crippen molar-refractivity contribution in [3.05, 3.63) is 62.5 Å². The van der Waals surface area contributed by atoms with Gasteiger partial charge in [0.25, 0.3) is 0 Å². The van der Waals surface area contributed by atoms with E-state index in [1.165, 1.54) is 5.56 Å². The van der Waals surface area contributed by atoms with Crippen LogP contribution in [0.2, 0.25) is 0 Å². The topological polar surface area (TPSA) is 32.3 Å². The normalized spacial score (nSPS) is 10.6. The first-order chi connectivity index (χ1) is 8.65. The maximum absolute atomic E-state index is 9.40. The largest absolute Gasteiger partial charge is 0.507 e. The van der Waals surface area contributed by atoms with E-state index < -0.39 is 0 Å². The van der Waals surface area contributed by atoms with Crippen molar-refractivity contribution in [3.63, 3.8) is 0 Å². The molecule has 18 heavy (non-hydrogen) atoms. The Morgan fingerprint density at radius 2 is 1.50 bits per heavy atom. The van der Waals surface area contributed by atoms with Gasteiger partial charge in [0.05, 0.1) is 4.47 Å². The van der Waals surface area contributed by atoms with Crippen LogP contribution < -0.4 is 5.32 Å². The van der Waals surface area contributed by atoms with Crippen LogP contribution in [-0.2, 0) is 13.1 Å². The van der Waals surface area contributed by atoms with Gasteiger partial charge in [0.15, 0.2) is 0 Å². The molecule has 2 N–H and O–H groups in total. The maximum atomic E-state index is 9.40. The number of nitrogens with one attached hydrogen (secondary N) is 1. The van der Waals surface area contributed by atoms with E-state index >= 15 is 0 Å². The molecule has 0 radical (unpaired) electrons. The van der Waals surface area contributed by atoms with Crippen LogP contribution in [0.25, 0.3) is 0 Å². The van der Waals surface area contributed by atoms with Gasteiger partial charge < -0.3 is 10.4 Å². The lowest BCUT2D eigenvalue weighted by molar-refractivity contribution is 0.471. The molecule has 0 heterocycles. The highest BCUT2D eigenvalue weighted by atomic mass is 79.9. The van der Waals surface area contributed by atoms with E-state index in [-0.39, 0.29) is 5.75 Å². The second-order valence-corrected chi connectivity index (χ2v) is 5.79. The predicted octanol–water partition coefficient (Wildman–Crippen LogP) is 4.21. The Hall–Kier alpha value is -0.840. The summed E-state index contributed by atoms with van der Waals surface area (Å²) in [5, 5.41) is 12.8. The van der Waals surface area contributed by atoms with Crippen LogP contribution in [0.15, 0.2) is 51.4 Å². The number of phenolic OH excluding ortho intramolecular Hbond substituents is 1. The molecular weight excluding hydrogens is 358 g/mol. The summed E-state index contributed by atoms with van der Waals surface area (Å²) in [6, 6.07) is 13.8. The molecule has 0 saturated carbocycles. The lowest BCUT2D eigenvalue weighted by Gasteiger charge is -2.06. The molecule has 0 amide bonds. The number of benzene rings is 2. The summed E-state index contributed by atoms with van der Waals surface area (Å²) in [6.07, 6.45) is 0. The zero-order valence-corrected chi connectivity index (χ0v) is 12.8. The average Bonchev–Trinajstić information content (AvgIpc) is 2.36. The molecule has 4 heteroatoms. The summed E-state index contributed by atoms with van der Waals surface area (Å²) < 4.78 is 1.82. The van der Waals surface area contributed by atoms with Crippen LogP contribution in [0.1, 0.15) is 11.1 Å². The number of hydrogen-bond acceptors (Lipinski definition) is 2. The maximum Gasteiger partial charge on any atom is 0.129 e. The molecule has 0 atom stereocenters. The van der Waals surface area contributed by atoms with Gasteiger partial charge in [-0.2, -0.15) is 0 Å². The molecule has 0 aliphatic carbocycles. The minimum absolute atomic E-state index is 0.270. The minimum atomic E-state index is 0.270. The quantitative estimate of drug-likeness (QED) is 0.844. The van der Waals surface area contributed by atoms with Crippen molar-refractivity contribution >= 4 is 31.9 Å². The first-order valence-electron chi connectivity index (χ1n) is 5.58. The molecule has 0 fully saturated rings. The molecule has 0 spiro atoms. The highest BCUT2D eigenvalue weighted by Gasteiger charge is 1.99. The van der Waals surface area contributed by atoms with Gasteiger partial charge in [-0.05, 0) is 51.3 Å². The Kier molecular flexibility index (Phi) is 4.80. The van der Waals surface area contributed by atoms with Crippen molar-refractivity contribution < 1.29 is 5.11 Å². The number of halogens is 2. The second-order valence-electron chi connectivity index (χ2n) is 4.02. The first kappa shape index (κ1) is 13.6. The number of phenols is 1. The molecular formula is C14H13Br2NO. The molecule has 0 aliphatic heterocycles. The fourth-order valence-corrected chi connectivity index (χ4v) is 2.30. The third kappa shape index (κ3) is 3.83. The van der Waals surface area contributed by atoms with E-state index in [2.05, 4.69) is 49.3 Å². The highest BCUT2D eigenvalue weighted by molar-refractivity contribution is 9.10. The Morgan fingerprint density at radius 3 is 2.17 bits per heavy atom. The van der Waals surface area contributed by atoms with Crippen molar-refractivity contribution in [2.24, 2.45) is 0 Å². The Bertz CT molecular complexity index is 526.